The molecule has 0 atom stereocenters. The van der Waals surface area contributed by atoms with Crippen LogP contribution in [0.5, 0.6) is 5.75 Å². The molecule has 0 unspecified atom stereocenters. The van der Waals surface area contributed by atoms with E-state index in [0.29, 0.717) is 6.54 Å². The maximum Gasteiger partial charge on any atom is 0.120 e. The van der Waals surface area contributed by atoms with Gasteiger partial charge in [0, 0.05) is 29.5 Å². The Kier molecular flexibility index (Phi) is 4.71. The molecule has 1 heterocycles. The van der Waals surface area contributed by atoms with Gasteiger partial charge >= 0.3 is 0 Å². The number of hydrogen-bond acceptors (Lipinski definition) is 4. The van der Waals surface area contributed by atoms with E-state index in [9.17, 15) is 5.11 Å². The van der Waals surface area contributed by atoms with Crippen molar-refractivity contribution >= 4 is 17.2 Å². The monoisotopic (exact) mass is 337 g/mol. The average Bonchev–Trinajstić information content (AvgIpc) is 3.02. The molecule has 132 valence electrons. The predicted octanol–water partition coefficient (Wildman–Crippen LogP) is 4.35. The normalized spacial score (nSPS) is 14.6. The van der Waals surface area contributed by atoms with E-state index >= 15 is 0 Å². The molecule has 0 fully saturated rings. The van der Waals surface area contributed by atoms with Crippen molar-refractivity contribution in [3.8, 4) is 5.75 Å². The molecule has 1 aliphatic rings. The van der Waals surface area contributed by atoms with Crippen LogP contribution in [0, 0.1) is 6.92 Å². The van der Waals surface area contributed by atoms with Crippen LogP contribution in [0.2, 0.25) is 0 Å². The standard InChI is InChI=1S/C21H27N3O/c1-16-8-10-17(11-9-16)23(18-6-5-7-19(25)14-18)15-20-22-12-13-24(20)21(2,3)4/h5-11,14,25H,12-13,15H2,1-4H3. The maximum absolute atomic E-state index is 9.93. The Hall–Kier alpha value is -2.49. The zero-order valence-corrected chi connectivity index (χ0v) is 15.5. The largest absolute Gasteiger partial charge is 0.508 e. The van der Waals surface area contributed by atoms with Gasteiger partial charge in [-0.1, -0.05) is 23.8 Å². The number of aromatic hydroxyl groups is 1. The van der Waals surface area contributed by atoms with Crippen molar-refractivity contribution < 1.29 is 5.11 Å². The third-order valence-electron chi connectivity index (χ3n) is 4.53. The third kappa shape index (κ3) is 3.95. The van der Waals surface area contributed by atoms with Gasteiger partial charge in [0.05, 0.1) is 13.1 Å². The lowest BCUT2D eigenvalue weighted by molar-refractivity contribution is 0.255. The molecule has 0 saturated heterocycles. The van der Waals surface area contributed by atoms with Gasteiger partial charge in [0.25, 0.3) is 0 Å². The quantitative estimate of drug-likeness (QED) is 0.901. The fourth-order valence-electron chi connectivity index (χ4n) is 3.21. The first-order valence-corrected chi connectivity index (χ1v) is 8.79. The van der Waals surface area contributed by atoms with Crippen molar-refractivity contribution in [1.82, 2.24) is 4.90 Å². The smallest absolute Gasteiger partial charge is 0.120 e. The molecule has 25 heavy (non-hydrogen) atoms. The Morgan fingerprint density at radius 1 is 1.08 bits per heavy atom. The van der Waals surface area contributed by atoms with Gasteiger partial charge in [-0.15, -0.1) is 0 Å². The molecule has 0 saturated carbocycles. The summed E-state index contributed by atoms with van der Waals surface area (Å²) < 4.78 is 0. The maximum atomic E-state index is 9.93. The van der Waals surface area contributed by atoms with Crippen molar-refractivity contribution in [2.75, 3.05) is 24.5 Å². The van der Waals surface area contributed by atoms with E-state index in [1.807, 2.05) is 12.1 Å². The van der Waals surface area contributed by atoms with Crippen molar-refractivity contribution in [2.24, 2.45) is 4.99 Å². The first kappa shape index (κ1) is 17.3. The minimum atomic E-state index is 0.0487. The Morgan fingerprint density at radius 2 is 1.80 bits per heavy atom. The number of phenols is 1. The summed E-state index contributed by atoms with van der Waals surface area (Å²) in [6.45, 7) is 11.2. The molecular weight excluding hydrogens is 310 g/mol. The van der Waals surface area contributed by atoms with Crippen LogP contribution < -0.4 is 4.90 Å². The van der Waals surface area contributed by atoms with Crippen molar-refractivity contribution in [3.05, 3.63) is 54.1 Å². The highest BCUT2D eigenvalue weighted by atomic mass is 16.3. The van der Waals surface area contributed by atoms with Crippen molar-refractivity contribution in [2.45, 2.75) is 33.2 Å². The van der Waals surface area contributed by atoms with E-state index in [2.05, 4.69) is 61.8 Å². The summed E-state index contributed by atoms with van der Waals surface area (Å²) >= 11 is 0. The van der Waals surface area contributed by atoms with E-state index in [1.165, 1.54) is 5.56 Å². The topological polar surface area (TPSA) is 39.1 Å². The summed E-state index contributed by atoms with van der Waals surface area (Å²) in [4.78, 5) is 9.34. The molecule has 4 nitrogen and oxygen atoms in total. The summed E-state index contributed by atoms with van der Waals surface area (Å²) in [5, 5.41) is 9.93. The molecule has 3 rings (SSSR count). The van der Waals surface area contributed by atoms with E-state index in [0.717, 1.165) is 30.3 Å². The number of phenolic OH excluding ortho intramolecular Hbond substituents is 1. The minimum Gasteiger partial charge on any atom is -0.508 e. The molecule has 0 spiro atoms. The van der Waals surface area contributed by atoms with Gasteiger partial charge in [-0.3, -0.25) is 4.99 Å². The first-order chi connectivity index (χ1) is 11.8. The van der Waals surface area contributed by atoms with E-state index in [1.54, 1.807) is 12.1 Å². The second kappa shape index (κ2) is 6.79. The van der Waals surface area contributed by atoms with Gasteiger partial charge in [0.1, 0.15) is 11.6 Å². The number of nitrogens with zero attached hydrogens (tertiary/aromatic N) is 3. The van der Waals surface area contributed by atoms with Gasteiger partial charge in [-0.2, -0.15) is 0 Å². The predicted molar refractivity (Wildman–Crippen MR) is 105 cm³/mol. The summed E-state index contributed by atoms with van der Waals surface area (Å²) in [5.41, 5.74) is 3.34. The molecule has 0 aliphatic carbocycles. The zero-order chi connectivity index (χ0) is 18.0. The second-order valence-corrected chi connectivity index (χ2v) is 7.56. The summed E-state index contributed by atoms with van der Waals surface area (Å²) in [6.07, 6.45) is 0. The molecule has 4 heteroatoms. The summed E-state index contributed by atoms with van der Waals surface area (Å²) in [6, 6.07) is 15.9. The molecule has 0 aromatic heterocycles. The summed E-state index contributed by atoms with van der Waals surface area (Å²) in [5.74, 6) is 1.37. The second-order valence-electron chi connectivity index (χ2n) is 7.56. The Balaban J connectivity index is 1.96. The van der Waals surface area contributed by atoms with Crippen LogP contribution in [0.4, 0.5) is 11.4 Å². The molecule has 2 aromatic carbocycles. The number of benzene rings is 2. The van der Waals surface area contributed by atoms with Crippen LogP contribution in [-0.4, -0.2) is 41.0 Å². The lowest BCUT2D eigenvalue weighted by Gasteiger charge is -2.37. The first-order valence-electron chi connectivity index (χ1n) is 8.79. The summed E-state index contributed by atoms with van der Waals surface area (Å²) in [7, 11) is 0. The molecule has 0 radical (unpaired) electrons. The van der Waals surface area contributed by atoms with E-state index in [4.69, 9.17) is 4.99 Å². The van der Waals surface area contributed by atoms with Gasteiger partial charge in [-0.05, 0) is 52.0 Å². The van der Waals surface area contributed by atoms with Gasteiger partial charge in [0.15, 0.2) is 0 Å². The van der Waals surface area contributed by atoms with Crippen LogP contribution in [-0.2, 0) is 0 Å². The van der Waals surface area contributed by atoms with E-state index in [-0.39, 0.29) is 11.3 Å². The van der Waals surface area contributed by atoms with Crippen LogP contribution in [0.15, 0.2) is 53.5 Å². The van der Waals surface area contributed by atoms with Crippen molar-refractivity contribution in [1.29, 1.82) is 0 Å². The fraction of sp³-hybridized carbons (Fsp3) is 0.381. The number of hydrogen-bond donors (Lipinski definition) is 1. The number of amidine groups is 1. The van der Waals surface area contributed by atoms with Crippen LogP contribution in [0.3, 0.4) is 0 Å². The Labute approximate surface area is 150 Å². The van der Waals surface area contributed by atoms with E-state index < -0.39 is 0 Å². The number of aryl methyl sites for hydroxylation is 1. The zero-order valence-electron chi connectivity index (χ0n) is 15.5. The molecular formula is C21H27N3O. The Bertz CT molecular complexity index is 759. The van der Waals surface area contributed by atoms with Crippen LogP contribution in [0.25, 0.3) is 0 Å². The molecule has 1 N–H and O–H groups in total. The third-order valence-corrected chi connectivity index (χ3v) is 4.53. The molecule has 0 amide bonds. The SMILES string of the molecule is Cc1ccc(N(CC2=NCCN2C(C)(C)C)c2cccc(O)c2)cc1. The lowest BCUT2D eigenvalue weighted by Crippen LogP contribution is -2.47. The number of anilines is 2. The highest BCUT2D eigenvalue weighted by molar-refractivity contribution is 5.90. The van der Waals surface area contributed by atoms with Gasteiger partial charge < -0.3 is 14.9 Å². The Morgan fingerprint density at radius 3 is 2.44 bits per heavy atom. The number of aliphatic imine (C=N–C) groups is 1. The van der Waals surface area contributed by atoms with Gasteiger partial charge in [0.2, 0.25) is 0 Å². The highest BCUT2D eigenvalue weighted by Crippen LogP contribution is 2.29. The molecule has 2 aromatic rings. The molecule has 0 bridgehead atoms. The van der Waals surface area contributed by atoms with Crippen LogP contribution in [0.1, 0.15) is 26.3 Å². The minimum absolute atomic E-state index is 0.0487. The highest BCUT2D eigenvalue weighted by Gasteiger charge is 2.29. The molecule has 1 aliphatic heterocycles. The van der Waals surface area contributed by atoms with Crippen molar-refractivity contribution in [3.63, 3.8) is 0 Å². The lowest BCUT2D eigenvalue weighted by atomic mass is 10.1. The number of rotatable bonds is 4. The fourth-order valence-corrected chi connectivity index (χ4v) is 3.21. The average molecular weight is 337 g/mol. The van der Waals surface area contributed by atoms with Gasteiger partial charge in [-0.25, -0.2) is 0 Å². The van der Waals surface area contributed by atoms with Crippen LogP contribution >= 0.6 is 0 Å².